The van der Waals surface area contributed by atoms with E-state index in [0.29, 0.717) is 11.5 Å². The van der Waals surface area contributed by atoms with Crippen LogP contribution >= 0.6 is 0 Å². The van der Waals surface area contributed by atoms with Crippen LogP contribution in [0.2, 0.25) is 0 Å². The standard InChI is InChI=1S/C46H40N4O.Pt/c1-45(2,3)34-24-25-47-44(27-34)50-41-21-11-10-20-39(41)40-23-22-38(29-42(40)50)51-37-19-13-18-36(28-37)49-31-48(30-43(49)46(4,5)6)35-17-12-16-33(26-35)32-14-8-7-9-15-32;/h7-27,30H,1-6H3;/q-2;. The topological polar surface area (TPSA) is 35.9 Å². The molecule has 0 saturated heterocycles. The SMILES string of the molecule is CC(C)(C)c1ccnc(-n2c3[c-]c(Oc4[c-]c(-n5[c-][n+](-c6cccc(-c7ccccc7)c6)cc5C(C)(C)C)ccc4)ccc3c3ccccc32)c1.[Pt]. The molecule has 262 valence electrons. The number of pyridine rings is 1. The van der Waals surface area contributed by atoms with Gasteiger partial charge in [-0.2, -0.15) is 18.2 Å². The normalized spacial score (nSPS) is 11.9. The van der Waals surface area contributed by atoms with Gasteiger partial charge < -0.3 is 13.9 Å². The van der Waals surface area contributed by atoms with Gasteiger partial charge in [0, 0.05) is 50.5 Å². The second-order valence-electron chi connectivity index (χ2n) is 15.1. The van der Waals surface area contributed by atoms with Crippen LogP contribution in [-0.4, -0.2) is 14.1 Å². The molecule has 0 unspecified atom stereocenters. The minimum Gasteiger partial charge on any atom is -0.510 e. The smallest absolute Gasteiger partial charge is 0.267 e. The van der Waals surface area contributed by atoms with Gasteiger partial charge in [0.25, 0.3) is 6.33 Å². The van der Waals surface area contributed by atoms with Crippen molar-refractivity contribution in [2.24, 2.45) is 0 Å². The molecule has 0 atom stereocenters. The molecule has 0 radical (unpaired) electrons. The number of fused-ring (bicyclic) bond motifs is 3. The molecule has 6 heteroatoms. The first-order valence-electron chi connectivity index (χ1n) is 17.4. The molecule has 3 heterocycles. The van der Waals surface area contributed by atoms with E-state index in [1.54, 1.807) is 0 Å². The molecular weight excluding hydrogens is 820 g/mol. The molecular formula is C46H40N4OPt-2. The summed E-state index contributed by atoms with van der Waals surface area (Å²) in [5.41, 5.74) is 8.36. The fraction of sp³-hybridized carbons (Fsp3) is 0.174. The molecule has 0 fully saturated rings. The summed E-state index contributed by atoms with van der Waals surface area (Å²) < 4.78 is 12.9. The number of hydrogen-bond acceptors (Lipinski definition) is 2. The molecule has 0 bridgehead atoms. The molecule has 0 N–H and O–H groups in total. The monoisotopic (exact) mass is 859 g/mol. The van der Waals surface area contributed by atoms with Gasteiger partial charge in [0.1, 0.15) is 5.82 Å². The summed E-state index contributed by atoms with van der Waals surface area (Å²) in [5.74, 6) is 2.06. The summed E-state index contributed by atoms with van der Waals surface area (Å²) in [6.07, 6.45) is 7.65. The van der Waals surface area contributed by atoms with E-state index in [0.717, 1.165) is 50.3 Å². The van der Waals surface area contributed by atoms with Crippen LogP contribution in [0, 0.1) is 18.5 Å². The van der Waals surface area contributed by atoms with E-state index in [9.17, 15) is 0 Å². The van der Waals surface area contributed by atoms with E-state index >= 15 is 0 Å². The summed E-state index contributed by atoms with van der Waals surface area (Å²) in [6.45, 7) is 13.3. The molecule has 0 aliphatic heterocycles. The van der Waals surface area contributed by atoms with Crippen molar-refractivity contribution < 1.29 is 30.4 Å². The van der Waals surface area contributed by atoms with Gasteiger partial charge in [-0.1, -0.05) is 108 Å². The van der Waals surface area contributed by atoms with E-state index in [4.69, 9.17) is 9.72 Å². The van der Waals surface area contributed by atoms with Gasteiger partial charge >= 0.3 is 0 Å². The molecule has 0 saturated carbocycles. The zero-order valence-electron chi connectivity index (χ0n) is 30.2. The quantitative estimate of drug-likeness (QED) is 0.123. The molecule has 5 nitrogen and oxygen atoms in total. The minimum absolute atomic E-state index is 0. The van der Waals surface area contributed by atoms with Crippen LogP contribution in [0.5, 0.6) is 11.5 Å². The zero-order valence-corrected chi connectivity index (χ0v) is 32.5. The Morgan fingerprint density at radius 3 is 2.17 bits per heavy atom. The summed E-state index contributed by atoms with van der Waals surface area (Å²) >= 11 is 0. The van der Waals surface area contributed by atoms with Crippen molar-refractivity contribution >= 4 is 21.8 Å². The Bertz CT molecular complexity index is 2530. The van der Waals surface area contributed by atoms with Gasteiger partial charge in [0.2, 0.25) is 0 Å². The van der Waals surface area contributed by atoms with E-state index in [1.165, 1.54) is 11.1 Å². The number of aromatic nitrogens is 4. The van der Waals surface area contributed by atoms with Gasteiger partial charge in [0.05, 0.1) is 11.4 Å². The molecule has 3 aromatic heterocycles. The van der Waals surface area contributed by atoms with Crippen molar-refractivity contribution in [3.8, 4) is 39.8 Å². The van der Waals surface area contributed by atoms with Gasteiger partial charge in [-0.3, -0.25) is 4.57 Å². The second-order valence-corrected chi connectivity index (χ2v) is 15.1. The number of rotatable bonds is 6. The second kappa shape index (κ2) is 13.7. The third kappa shape index (κ3) is 6.74. The molecule has 8 aromatic rings. The van der Waals surface area contributed by atoms with E-state index in [-0.39, 0.29) is 31.9 Å². The van der Waals surface area contributed by atoms with Crippen molar-refractivity contribution in [3.63, 3.8) is 0 Å². The third-order valence-electron chi connectivity index (χ3n) is 9.31. The first-order valence-corrected chi connectivity index (χ1v) is 17.4. The predicted octanol–water partition coefficient (Wildman–Crippen LogP) is 10.7. The molecule has 0 aliphatic rings. The predicted molar refractivity (Wildman–Crippen MR) is 205 cm³/mol. The largest absolute Gasteiger partial charge is 0.510 e. The fourth-order valence-electron chi connectivity index (χ4n) is 6.60. The van der Waals surface area contributed by atoms with Crippen molar-refractivity contribution in [1.29, 1.82) is 0 Å². The molecule has 8 rings (SSSR count). The number of para-hydroxylation sites is 1. The number of imidazole rings is 1. The van der Waals surface area contributed by atoms with Crippen LogP contribution in [0.3, 0.4) is 0 Å². The van der Waals surface area contributed by atoms with E-state index in [2.05, 4.69) is 171 Å². The zero-order chi connectivity index (χ0) is 35.3. The fourth-order valence-corrected chi connectivity index (χ4v) is 6.60. The number of hydrogen-bond donors (Lipinski definition) is 0. The Morgan fingerprint density at radius 2 is 1.38 bits per heavy atom. The van der Waals surface area contributed by atoms with Crippen molar-refractivity contribution in [2.75, 3.05) is 0 Å². The Balaban J connectivity index is 0.00000420. The van der Waals surface area contributed by atoms with E-state index in [1.807, 2.05) is 36.5 Å². The number of nitrogens with zero attached hydrogens (tertiary/aromatic N) is 4. The molecule has 0 aliphatic carbocycles. The number of benzene rings is 5. The maximum Gasteiger partial charge on any atom is 0.267 e. The van der Waals surface area contributed by atoms with Crippen LogP contribution < -0.4 is 9.30 Å². The summed E-state index contributed by atoms with van der Waals surface area (Å²) in [7, 11) is 0. The van der Waals surface area contributed by atoms with Crippen LogP contribution in [0.25, 0.3) is 50.1 Å². The Hall–Kier alpha value is -5.25. The molecule has 5 aromatic carbocycles. The Morgan fingerprint density at radius 1 is 0.654 bits per heavy atom. The summed E-state index contributed by atoms with van der Waals surface area (Å²) in [6, 6.07) is 48.9. The first-order chi connectivity index (χ1) is 24.5. The minimum atomic E-state index is -0.159. The van der Waals surface area contributed by atoms with Gasteiger partial charge in [-0.15, -0.1) is 29.7 Å². The van der Waals surface area contributed by atoms with Gasteiger partial charge in [0.15, 0.2) is 0 Å². The van der Waals surface area contributed by atoms with Crippen LogP contribution in [0.1, 0.15) is 52.8 Å². The average molecular weight is 860 g/mol. The average Bonchev–Trinajstić information content (AvgIpc) is 3.73. The van der Waals surface area contributed by atoms with E-state index < -0.39 is 0 Å². The molecule has 0 spiro atoms. The van der Waals surface area contributed by atoms with Crippen LogP contribution in [0.4, 0.5) is 0 Å². The van der Waals surface area contributed by atoms with Gasteiger partial charge in [-0.25, -0.2) is 4.98 Å². The van der Waals surface area contributed by atoms with Gasteiger partial charge in [-0.05, 0) is 68.9 Å². The first kappa shape index (κ1) is 35.2. The molecule has 52 heavy (non-hydrogen) atoms. The third-order valence-corrected chi connectivity index (χ3v) is 9.31. The Kier molecular flexibility index (Phi) is 9.27. The summed E-state index contributed by atoms with van der Waals surface area (Å²) in [5, 5.41) is 2.24. The number of ether oxygens (including phenoxy) is 1. The maximum absolute atomic E-state index is 6.52. The summed E-state index contributed by atoms with van der Waals surface area (Å²) in [4.78, 5) is 4.81. The van der Waals surface area contributed by atoms with Crippen molar-refractivity contribution in [1.82, 2.24) is 14.1 Å². The maximum atomic E-state index is 6.52. The van der Waals surface area contributed by atoms with Crippen LogP contribution in [0.15, 0.2) is 134 Å². The van der Waals surface area contributed by atoms with Crippen molar-refractivity contribution in [3.05, 3.63) is 163 Å². The van der Waals surface area contributed by atoms with Crippen molar-refractivity contribution in [2.45, 2.75) is 52.4 Å². The van der Waals surface area contributed by atoms with Crippen LogP contribution in [-0.2, 0) is 31.9 Å². The Labute approximate surface area is 320 Å². The molecule has 0 amide bonds.